The fourth-order valence-corrected chi connectivity index (χ4v) is 3.77. The number of hydrogen-bond donors (Lipinski definition) is 0. The molecule has 17 nitrogen and oxygen atoms in total. The molecule has 0 aromatic carbocycles. The van der Waals surface area contributed by atoms with Gasteiger partial charge in [0.15, 0.2) is 0 Å². The van der Waals surface area contributed by atoms with Crippen molar-refractivity contribution in [1.82, 2.24) is 49.9 Å². The van der Waals surface area contributed by atoms with Crippen molar-refractivity contribution < 1.29 is 29.8 Å². The first-order valence-corrected chi connectivity index (χ1v) is 14.2. The monoisotopic (exact) mass is 561 g/mol. The molecule has 0 spiro atoms. The van der Waals surface area contributed by atoms with E-state index in [0.29, 0.717) is 36.7 Å². The summed E-state index contributed by atoms with van der Waals surface area (Å²) in [4.78, 5) is 1.98. The molecule has 0 N–H and O–H groups in total. The van der Waals surface area contributed by atoms with E-state index in [4.69, 9.17) is 4.18 Å². The van der Waals surface area contributed by atoms with Crippen LogP contribution in [0.1, 0.15) is 37.9 Å². The lowest BCUT2D eigenvalue weighted by molar-refractivity contribution is 0.238. The highest BCUT2D eigenvalue weighted by Gasteiger charge is 2.18. The van der Waals surface area contributed by atoms with Gasteiger partial charge in [-0.15, -0.1) is 15.3 Å². The smallest absolute Gasteiger partial charge is 0.264 e. The van der Waals surface area contributed by atoms with Crippen molar-refractivity contribution in [2.45, 2.75) is 59.0 Å². The highest BCUT2D eigenvalue weighted by Crippen LogP contribution is 2.15. The minimum atomic E-state index is -4.78. The van der Waals surface area contributed by atoms with Crippen molar-refractivity contribution in [3.8, 4) is 0 Å². The Kier molecular flexibility index (Phi) is 9.08. The zero-order chi connectivity index (χ0) is 27.3. The Hall–Kier alpha value is -2.84. The minimum absolute atomic E-state index is 0.0260. The predicted octanol–water partition coefficient (Wildman–Crippen LogP) is -1.13. The molecule has 3 heterocycles. The van der Waals surface area contributed by atoms with Crippen LogP contribution in [0, 0.1) is 0 Å². The van der Waals surface area contributed by atoms with E-state index in [1.54, 1.807) is 17.1 Å². The maximum Gasteiger partial charge on any atom is 0.264 e. The molecule has 0 amide bonds. The molecule has 0 aliphatic carbocycles. The van der Waals surface area contributed by atoms with E-state index in [1.165, 1.54) is 9.36 Å². The molecule has 3 rings (SSSR count). The van der Waals surface area contributed by atoms with Crippen molar-refractivity contribution in [2.75, 3.05) is 19.5 Å². The fraction of sp³-hybridized carbons (Fsp3) is 0.667. The Bertz CT molecular complexity index is 1300. The molecular formula is C18H29N10O7S2-. The van der Waals surface area contributed by atoms with E-state index >= 15 is 0 Å². The van der Waals surface area contributed by atoms with E-state index in [9.17, 15) is 21.4 Å². The highest BCUT2D eigenvalue weighted by molar-refractivity contribution is 7.86. The Morgan fingerprint density at radius 3 is 1.70 bits per heavy atom. The lowest BCUT2D eigenvalue weighted by Crippen LogP contribution is -2.24. The summed E-state index contributed by atoms with van der Waals surface area (Å²) in [6.45, 7) is 6.90. The first kappa shape index (κ1) is 28.7. The van der Waals surface area contributed by atoms with Crippen LogP contribution in [0.4, 0.5) is 0 Å². The molecule has 0 fully saturated rings. The molecule has 3 aromatic heterocycles. The molecule has 19 heteroatoms. The quantitative estimate of drug-likeness (QED) is 0.130. The number of hydrogen-bond acceptors (Lipinski definition) is 14. The van der Waals surface area contributed by atoms with Gasteiger partial charge in [0, 0.05) is 32.0 Å². The van der Waals surface area contributed by atoms with Gasteiger partial charge in [0.05, 0.1) is 61.4 Å². The van der Waals surface area contributed by atoms with Gasteiger partial charge in [0.1, 0.15) is 0 Å². The molecule has 0 aliphatic heterocycles. The second-order valence-electron chi connectivity index (χ2n) is 9.17. The van der Waals surface area contributed by atoms with Crippen LogP contribution in [0.15, 0.2) is 18.6 Å². The molecule has 206 valence electrons. The number of aromatic nitrogens is 9. The van der Waals surface area contributed by atoms with E-state index < -0.39 is 20.5 Å². The van der Waals surface area contributed by atoms with E-state index in [2.05, 4.69) is 35.1 Å². The maximum atomic E-state index is 11.1. The van der Waals surface area contributed by atoms with Gasteiger partial charge >= 0.3 is 0 Å². The van der Waals surface area contributed by atoms with Gasteiger partial charge in [0.25, 0.3) is 10.1 Å². The summed E-state index contributed by atoms with van der Waals surface area (Å²) in [5.74, 6) is 0. The number of rotatable bonds is 14. The summed E-state index contributed by atoms with van der Waals surface area (Å²) in [6, 6.07) is 0. The van der Waals surface area contributed by atoms with Gasteiger partial charge in [-0.05, 0) is 20.8 Å². The van der Waals surface area contributed by atoms with Gasteiger partial charge in [-0.2, -0.15) is 8.42 Å². The average Bonchev–Trinajstić information content (AvgIpc) is 3.48. The molecular weight excluding hydrogens is 532 g/mol. The summed E-state index contributed by atoms with van der Waals surface area (Å²) in [7, 11) is -8.33. The van der Waals surface area contributed by atoms with Crippen molar-refractivity contribution in [2.24, 2.45) is 0 Å². The van der Waals surface area contributed by atoms with Gasteiger partial charge in [0.2, 0.25) is 10.4 Å². The Morgan fingerprint density at radius 2 is 1.27 bits per heavy atom. The maximum absolute atomic E-state index is 11.1. The molecule has 0 unspecified atom stereocenters. The van der Waals surface area contributed by atoms with Crippen LogP contribution in [0.5, 0.6) is 0 Å². The van der Waals surface area contributed by atoms with Gasteiger partial charge in [-0.1, -0.05) is 15.6 Å². The van der Waals surface area contributed by atoms with Crippen molar-refractivity contribution in [1.29, 1.82) is 0 Å². The van der Waals surface area contributed by atoms with Crippen LogP contribution >= 0.6 is 0 Å². The van der Waals surface area contributed by atoms with Crippen LogP contribution in [0.3, 0.4) is 0 Å². The summed E-state index contributed by atoms with van der Waals surface area (Å²) >= 11 is 0. The van der Waals surface area contributed by atoms with Gasteiger partial charge in [-0.3, -0.25) is 13.3 Å². The van der Waals surface area contributed by atoms with Gasteiger partial charge < -0.3 is 4.55 Å². The van der Waals surface area contributed by atoms with E-state index in [-0.39, 0.29) is 31.8 Å². The van der Waals surface area contributed by atoms with E-state index in [0.717, 1.165) is 6.26 Å². The minimum Gasteiger partial charge on any atom is -0.726 e. The first-order chi connectivity index (χ1) is 17.2. The molecule has 37 heavy (non-hydrogen) atoms. The third-order valence-electron chi connectivity index (χ3n) is 4.72. The molecule has 0 radical (unpaired) electrons. The Morgan fingerprint density at radius 1 is 0.811 bits per heavy atom. The third-order valence-corrected chi connectivity index (χ3v) is 5.77. The van der Waals surface area contributed by atoms with Gasteiger partial charge in [-0.25, -0.2) is 22.5 Å². The van der Waals surface area contributed by atoms with Crippen molar-refractivity contribution >= 4 is 20.5 Å². The summed E-state index contributed by atoms with van der Waals surface area (Å²) in [5, 5.41) is 24.6. The van der Waals surface area contributed by atoms with Crippen LogP contribution < -0.4 is 0 Å². The topological polar surface area (TPSA) is 205 Å². The lowest BCUT2D eigenvalue weighted by atomic mass is 10.1. The molecule has 0 saturated heterocycles. The summed E-state index contributed by atoms with van der Waals surface area (Å²) in [5.41, 5.74) is 1.66. The van der Waals surface area contributed by atoms with Crippen molar-refractivity contribution in [3.63, 3.8) is 0 Å². The fourth-order valence-electron chi connectivity index (χ4n) is 3.11. The van der Waals surface area contributed by atoms with E-state index in [1.807, 2.05) is 31.9 Å². The zero-order valence-electron chi connectivity index (χ0n) is 20.8. The molecule has 0 atom stereocenters. The molecule has 0 bridgehead atoms. The summed E-state index contributed by atoms with van der Waals surface area (Å²) < 4.78 is 67.6. The molecule has 3 aromatic rings. The molecule has 0 aliphatic rings. The van der Waals surface area contributed by atoms with Crippen LogP contribution in [-0.2, 0) is 67.1 Å². The van der Waals surface area contributed by atoms with Crippen molar-refractivity contribution in [3.05, 3.63) is 35.7 Å². The van der Waals surface area contributed by atoms with Crippen LogP contribution in [0.25, 0.3) is 0 Å². The Balaban J connectivity index is 1.69. The first-order valence-electron chi connectivity index (χ1n) is 11.0. The Labute approximate surface area is 214 Å². The normalized spacial score (nSPS) is 13.0. The van der Waals surface area contributed by atoms with Crippen LogP contribution in [-0.4, -0.2) is 90.7 Å². The zero-order valence-corrected chi connectivity index (χ0v) is 22.5. The summed E-state index contributed by atoms with van der Waals surface area (Å²) in [6.07, 6.45) is 6.12. The lowest BCUT2D eigenvalue weighted by Gasteiger charge is -2.19. The predicted molar refractivity (Wildman–Crippen MR) is 124 cm³/mol. The standard InChI is InChI=1S/C18H30N10O7S2/c1-18(2,3)28-14-17(21-24-28)11-25(9-15-12-26(22-19-15)5-7-34-36(4,29)30)10-16-13-27(23-20-16)6-8-35-37(31,32)33/h12-14H,5-11H2,1-4H3,(H,31,32,33)/p-1. The average molecular weight is 562 g/mol. The second kappa shape index (κ2) is 11.7. The third kappa shape index (κ3) is 10.2. The highest BCUT2D eigenvalue weighted by atomic mass is 32.3. The largest absolute Gasteiger partial charge is 0.726 e. The van der Waals surface area contributed by atoms with Crippen LogP contribution in [0.2, 0.25) is 0 Å². The second-order valence-corrected chi connectivity index (χ2v) is 11.9. The number of nitrogens with zero attached hydrogens (tertiary/aromatic N) is 10. The molecule has 0 saturated carbocycles. The SMILES string of the molecule is CC(C)(C)n1cc(CN(Cc2cn(CCOS(C)(=O)=O)nn2)Cc2cn(CCOS(=O)(=O)[O-])nn2)nn1.